The third kappa shape index (κ3) is 4.45. The number of hydrogen-bond donors (Lipinski definition) is 0. The fraction of sp³-hybridized carbons (Fsp3) is 0.176. The smallest absolute Gasteiger partial charge is 0.333 e. The van der Waals surface area contributed by atoms with Gasteiger partial charge in [0.1, 0.15) is 0 Å². The van der Waals surface area contributed by atoms with Crippen LogP contribution < -0.4 is 0 Å². The summed E-state index contributed by atoms with van der Waals surface area (Å²) in [4.78, 5) is 28.7. The summed E-state index contributed by atoms with van der Waals surface area (Å²) in [6.45, 7) is 1.71. The number of nitrogens with zero attached hydrogens (tertiary/aromatic N) is 1. The molecular formula is C17H17NO3. The SMILES string of the molecule is CC(=O)N(CCc1ccccc1)OC(=O)c1ccccc1. The minimum absolute atomic E-state index is 0.296. The van der Waals surface area contributed by atoms with Crippen molar-refractivity contribution in [3.63, 3.8) is 0 Å². The Hall–Kier alpha value is -2.62. The first kappa shape index (κ1) is 14.8. The van der Waals surface area contributed by atoms with Gasteiger partial charge in [0.15, 0.2) is 0 Å². The van der Waals surface area contributed by atoms with E-state index in [4.69, 9.17) is 4.84 Å². The Bertz CT molecular complexity index is 596. The normalized spacial score (nSPS) is 9.95. The lowest BCUT2D eigenvalue weighted by atomic mass is 10.1. The number of hydroxylamine groups is 2. The lowest BCUT2D eigenvalue weighted by molar-refractivity contribution is -0.164. The fourth-order valence-corrected chi connectivity index (χ4v) is 1.87. The zero-order valence-corrected chi connectivity index (χ0v) is 11.9. The third-order valence-electron chi connectivity index (χ3n) is 3.00. The molecule has 0 atom stereocenters. The average Bonchev–Trinajstić information content (AvgIpc) is 2.52. The molecule has 0 saturated heterocycles. The van der Waals surface area contributed by atoms with E-state index in [0.29, 0.717) is 18.5 Å². The Morgan fingerprint density at radius 3 is 2.10 bits per heavy atom. The van der Waals surface area contributed by atoms with E-state index in [-0.39, 0.29) is 5.91 Å². The van der Waals surface area contributed by atoms with Crippen LogP contribution in [0.25, 0.3) is 0 Å². The van der Waals surface area contributed by atoms with Gasteiger partial charge in [-0.15, -0.1) is 0 Å². The van der Waals surface area contributed by atoms with Crippen molar-refractivity contribution in [2.45, 2.75) is 13.3 Å². The van der Waals surface area contributed by atoms with Crippen LogP contribution in [-0.4, -0.2) is 23.5 Å². The van der Waals surface area contributed by atoms with E-state index in [1.54, 1.807) is 24.3 Å². The molecule has 0 aliphatic rings. The minimum atomic E-state index is -0.529. The van der Waals surface area contributed by atoms with Crippen molar-refractivity contribution in [2.24, 2.45) is 0 Å². The highest BCUT2D eigenvalue weighted by atomic mass is 16.7. The van der Waals surface area contributed by atoms with Gasteiger partial charge in [0, 0.05) is 6.92 Å². The van der Waals surface area contributed by atoms with Crippen molar-refractivity contribution < 1.29 is 14.4 Å². The molecule has 2 aromatic rings. The molecule has 21 heavy (non-hydrogen) atoms. The number of amides is 1. The zero-order chi connectivity index (χ0) is 15.1. The summed E-state index contributed by atoms with van der Waals surface area (Å²) in [5, 5.41) is 1.10. The van der Waals surface area contributed by atoms with Gasteiger partial charge in [0.25, 0.3) is 5.91 Å². The van der Waals surface area contributed by atoms with Gasteiger partial charge in [-0.3, -0.25) is 4.79 Å². The van der Waals surface area contributed by atoms with E-state index in [1.165, 1.54) is 6.92 Å². The molecule has 0 N–H and O–H groups in total. The summed E-state index contributed by atoms with van der Waals surface area (Å²) in [5.74, 6) is -0.825. The average molecular weight is 283 g/mol. The molecule has 0 unspecified atom stereocenters. The minimum Gasteiger partial charge on any atom is -0.333 e. The summed E-state index contributed by atoms with van der Waals surface area (Å²) >= 11 is 0. The standard InChI is InChI=1S/C17H17NO3/c1-14(19)18(13-12-15-8-4-2-5-9-15)21-17(20)16-10-6-3-7-11-16/h2-11H,12-13H2,1H3. The molecule has 2 aromatic carbocycles. The first-order valence-corrected chi connectivity index (χ1v) is 6.76. The van der Waals surface area contributed by atoms with E-state index < -0.39 is 5.97 Å². The third-order valence-corrected chi connectivity index (χ3v) is 3.00. The molecule has 0 spiro atoms. The first-order chi connectivity index (χ1) is 10.2. The van der Waals surface area contributed by atoms with Crippen molar-refractivity contribution in [1.29, 1.82) is 0 Å². The summed E-state index contributed by atoms with van der Waals surface area (Å²) in [6, 6.07) is 18.4. The van der Waals surface area contributed by atoms with Gasteiger partial charge < -0.3 is 4.84 Å². The second-order valence-electron chi connectivity index (χ2n) is 4.60. The molecule has 1 amide bonds. The summed E-state index contributed by atoms with van der Waals surface area (Å²) in [6.07, 6.45) is 0.627. The molecule has 0 radical (unpaired) electrons. The van der Waals surface area contributed by atoms with Gasteiger partial charge in [-0.25, -0.2) is 4.79 Å². The Kier molecular flexibility index (Phi) is 5.10. The van der Waals surface area contributed by atoms with Gasteiger partial charge in [0.2, 0.25) is 0 Å². The monoisotopic (exact) mass is 283 g/mol. The van der Waals surface area contributed by atoms with Crippen LogP contribution in [0.2, 0.25) is 0 Å². The fourth-order valence-electron chi connectivity index (χ4n) is 1.87. The predicted octanol–water partition coefficient (Wildman–Crippen LogP) is 2.85. The highest BCUT2D eigenvalue weighted by Gasteiger charge is 2.16. The quantitative estimate of drug-likeness (QED) is 0.811. The van der Waals surface area contributed by atoms with Gasteiger partial charge in [0.05, 0.1) is 12.1 Å². The lowest BCUT2D eigenvalue weighted by Crippen LogP contribution is -2.33. The summed E-state index contributed by atoms with van der Waals surface area (Å²) in [5.41, 5.74) is 1.50. The summed E-state index contributed by atoms with van der Waals surface area (Å²) in [7, 11) is 0. The molecule has 0 heterocycles. The number of carbonyl (C=O) groups is 2. The molecule has 4 heteroatoms. The molecule has 0 aliphatic heterocycles. The van der Waals surface area contributed by atoms with Crippen molar-refractivity contribution >= 4 is 11.9 Å². The topological polar surface area (TPSA) is 46.6 Å². The van der Waals surface area contributed by atoms with Crippen molar-refractivity contribution in [3.05, 3.63) is 71.8 Å². The van der Waals surface area contributed by atoms with E-state index in [0.717, 1.165) is 10.6 Å². The Morgan fingerprint density at radius 2 is 1.52 bits per heavy atom. The van der Waals surface area contributed by atoms with Gasteiger partial charge >= 0.3 is 5.97 Å². The van der Waals surface area contributed by atoms with Crippen LogP contribution in [0.4, 0.5) is 0 Å². The van der Waals surface area contributed by atoms with Gasteiger partial charge in [-0.05, 0) is 24.1 Å². The molecule has 0 aromatic heterocycles. The van der Waals surface area contributed by atoms with Crippen molar-refractivity contribution in [1.82, 2.24) is 5.06 Å². The van der Waals surface area contributed by atoms with Crippen LogP contribution in [0.5, 0.6) is 0 Å². The molecule has 108 valence electrons. The highest BCUT2D eigenvalue weighted by Crippen LogP contribution is 2.06. The second kappa shape index (κ2) is 7.24. The Balaban J connectivity index is 1.96. The second-order valence-corrected chi connectivity index (χ2v) is 4.60. The largest absolute Gasteiger partial charge is 0.363 e. The zero-order valence-electron chi connectivity index (χ0n) is 11.9. The van der Waals surface area contributed by atoms with Crippen LogP contribution in [0.3, 0.4) is 0 Å². The molecule has 0 saturated carbocycles. The maximum Gasteiger partial charge on any atom is 0.363 e. The maximum absolute atomic E-state index is 12.0. The summed E-state index contributed by atoms with van der Waals surface area (Å²) < 4.78 is 0. The Labute approximate surface area is 123 Å². The maximum atomic E-state index is 12.0. The predicted molar refractivity (Wildman–Crippen MR) is 79.4 cm³/mol. The lowest BCUT2D eigenvalue weighted by Gasteiger charge is -2.19. The molecule has 0 fully saturated rings. The van der Waals surface area contributed by atoms with Crippen LogP contribution in [0.1, 0.15) is 22.8 Å². The van der Waals surface area contributed by atoms with Crippen molar-refractivity contribution in [2.75, 3.05) is 6.54 Å². The Morgan fingerprint density at radius 1 is 0.952 bits per heavy atom. The van der Waals surface area contributed by atoms with Crippen LogP contribution in [-0.2, 0) is 16.1 Å². The van der Waals surface area contributed by atoms with E-state index >= 15 is 0 Å². The van der Waals surface area contributed by atoms with Gasteiger partial charge in [-0.2, -0.15) is 5.06 Å². The van der Waals surface area contributed by atoms with Crippen LogP contribution in [0.15, 0.2) is 60.7 Å². The van der Waals surface area contributed by atoms with E-state index in [2.05, 4.69) is 0 Å². The van der Waals surface area contributed by atoms with Crippen molar-refractivity contribution in [3.8, 4) is 0 Å². The highest BCUT2D eigenvalue weighted by molar-refractivity contribution is 5.90. The molecule has 4 nitrogen and oxygen atoms in total. The number of rotatable bonds is 4. The van der Waals surface area contributed by atoms with Crippen LogP contribution in [0, 0.1) is 0 Å². The molecule has 0 aliphatic carbocycles. The van der Waals surface area contributed by atoms with E-state index in [9.17, 15) is 9.59 Å². The number of benzene rings is 2. The van der Waals surface area contributed by atoms with Crippen LogP contribution >= 0.6 is 0 Å². The molecular weight excluding hydrogens is 266 g/mol. The van der Waals surface area contributed by atoms with E-state index in [1.807, 2.05) is 36.4 Å². The van der Waals surface area contributed by atoms with Gasteiger partial charge in [-0.1, -0.05) is 48.5 Å². The molecule has 2 rings (SSSR count). The number of hydrogen-bond acceptors (Lipinski definition) is 3. The number of carbonyl (C=O) groups excluding carboxylic acids is 2. The molecule has 0 bridgehead atoms. The first-order valence-electron chi connectivity index (χ1n) is 6.76.